The summed E-state index contributed by atoms with van der Waals surface area (Å²) in [7, 11) is -6.12. The van der Waals surface area contributed by atoms with Crippen molar-refractivity contribution in [1.29, 1.82) is 0 Å². The molecule has 39 heavy (non-hydrogen) atoms. The average molecular weight is 817 g/mol. The largest absolute Gasteiger partial charge is 0.746 e. The zero-order valence-electron chi connectivity index (χ0n) is 21.4. The maximum absolute atomic E-state index is 13.6. The number of benzene rings is 2. The van der Waals surface area contributed by atoms with Crippen LogP contribution in [-0.4, -0.2) is 58.7 Å². The predicted molar refractivity (Wildman–Crippen MR) is 127 cm³/mol. The van der Waals surface area contributed by atoms with Crippen molar-refractivity contribution in [2.75, 3.05) is 0 Å². The third-order valence-corrected chi connectivity index (χ3v) is 8.50. The SMILES string of the molecule is CC(C)(C)N1C(=O)C2C3CC(C(OC(=O)c4ccc5ccccc5c4)C31)C2C(=O)O[CH-]C(F)(F)S(=O)(=O)[O-].[Rf]. The monoisotopic (exact) mass is 816 g/mol. The molecule has 1 aliphatic heterocycles. The van der Waals surface area contributed by atoms with Crippen LogP contribution < -0.4 is 0 Å². The molecule has 1 heterocycles. The molecule has 0 N–H and O–H groups in total. The van der Waals surface area contributed by atoms with Gasteiger partial charge >= 0.3 is 5.97 Å². The Hall–Kier alpha value is -4.12. The Morgan fingerprint density at radius 3 is 2.33 bits per heavy atom. The van der Waals surface area contributed by atoms with Crippen LogP contribution in [0.1, 0.15) is 37.6 Å². The van der Waals surface area contributed by atoms with Crippen LogP contribution in [0.3, 0.4) is 0 Å². The van der Waals surface area contributed by atoms with Crippen molar-refractivity contribution in [2.45, 2.75) is 50.1 Å². The van der Waals surface area contributed by atoms with Crippen LogP contribution in [0.2, 0.25) is 0 Å². The fourth-order valence-electron chi connectivity index (χ4n) is 6.34. The van der Waals surface area contributed by atoms with Gasteiger partial charge < -0.3 is 18.9 Å². The van der Waals surface area contributed by atoms with Gasteiger partial charge in [-0.1, -0.05) is 36.9 Å². The van der Waals surface area contributed by atoms with Gasteiger partial charge in [-0.15, -0.1) is 0 Å². The van der Waals surface area contributed by atoms with Crippen molar-refractivity contribution in [3.05, 3.63) is 54.6 Å². The third-order valence-electron chi connectivity index (χ3n) is 7.74. The van der Waals surface area contributed by atoms with Crippen LogP contribution in [0.15, 0.2) is 42.5 Å². The summed E-state index contributed by atoms with van der Waals surface area (Å²) in [4.78, 5) is 41.2. The number of hydrogen-bond acceptors (Lipinski definition) is 8. The third kappa shape index (κ3) is 4.36. The molecule has 3 aliphatic rings. The minimum Gasteiger partial charge on any atom is -0.746 e. The maximum Gasteiger partial charge on any atom is 0.338 e. The summed E-state index contributed by atoms with van der Waals surface area (Å²) in [5.41, 5.74) is -0.436. The normalized spacial score (nSPS) is 27.9. The Balaban J connectivity index is 0.00000353. The van der Waals surface area contributed by atoms with Gasteiger partial charge in [-0.2, -0.15) is 0 Å². The minimum atomic E-state index is -6.12. The van der Waals surface area contributed by atoms with Crippen LogP contribution in [0.25, 0.3) is 10.8 Å². The van der Waals surface area contributed by atoms with Crippen molar-refractivity contribution >= 4 is 38.7 Å². The standard InChI is InChI=1S/C26H26F2NO8S.Rf/c1-25(2,3)29-20-16-11-17(19(18(16)22(29)30)24(32)36-12-26(27,28)38(33,34)35)21(20)37-23(31)15-9-8-13-6-4-5-7-14(13)10-15;/h4-10,12,16-21H,11H2,1-3H3,(H,33,34,35);/q-1;/p-1. The number of alkyl halides is 2. The van der Waals surface area contributed by atoms with Gasteiger partial charge in [0, 0.05) is 11.5 Å². The molecule has 2 bridgehead atoms. The average Bonchev–Trinajstić information content (AvgIpc) is 3.44. The summed E-state index contributed by atoms with van der Waals surface area (Å²) < 4.78 is 70.0. The first-order valence-electron chi connectivity index (χ1n) is 12.0. The molecule has 1 amide bonds. The van der Waals surface area contributed by atoms with E-state index in [1.807, 2.05) is 24.3 Å². The number of rotatable bonds is 6. The van der Waals surface area contributed by atoms with E-state index >= 15 is 0 Å². The molecular weight excluding hydrogens is 791 g/mol. The Labute approximate surface area is 217 Å². The molecule has 206 valence electrons. The fourth-order valence-corrected chi connectivity index (χ4v) is 6.50. The quantitative estimate of drug-likeness (QED) is 0.247. The summed E-state index contributed by atoms with van der Waals surface area (Å²) in [6.07, 6.45) is -0.624. The molecule has 0 radical (unpaired) electrons. The number of esters is 2. The maximum atomic E-state index is 13.6. The van der Waals surface area contributed by atoms with E-state index in [-0.39, 0.29) is 5.56 Å². The van der Waals surface area contributed by atoms with Crippen LogP contribution in [0.5, 0.6) is 0 Å². The molecule has 3 fully saturated rings. The molecule has 5 rings (SSSR count). The number of carbonyl (C=O) groups excluding carboxylic acids is 3. The van der Waals surface area contributed by atoms with E-state index in [4.69, 9.17) is 4.74 Å². The van der Waals surface area contributed by atoms with Crippen LogP contribution in [0, 0.1) is 30.3 Å². The first-order valence-corrected chi connectivity index (χ1v) is 13.4. The van der Waals surface area contributed by atoms with E-state index in [0.717, 1.165) is 10.8 Å². The van der Waals surface area contributed by atoms with Crippen molar-refractivity contribution in [1.82, 2.24) is 4.90 Å². The number of hydrogen-bond donors (Lipinski definition) is 0. The van der Waals surface area contributed by atoms with E-state index in [0.29, 0.717) is 6.42 Å². The van der Waals surface area contributed by atoms with E-state index < -0.39 is 81.2 Å². The zero-order chi connectivity index (χ0) is 27.8. The molecule has 2 aliphatic carbocycles. The van der Waals surface area contributed by atoms with Gasteiger partial charge in [0.2, 0.25) is 5.91 Å². The van der Waals surface area contributed by atoms with Crippen LogP contribution in [0.4, 0.5) is 8.78 Å². The number of likely N-dealkylation sites (tertiary alicyclic amines) is 1. The van der Waals surface area contributed by atoms with E-state index in [9.17, 15) is 36.1 Å². The van der Waals surface area contributed by atoms with E-state index in [2.05, 4.69) is 4.74 Å². The van der Waals surface area contributed by atoms with E-state index in [1.54, 1.807) is 43.9 Å². The number of nitrogens with zero attached hydrogens (tertiary/aromatic N) is 1. The molecule has 0 spiro atoms. The predicted octanol–water partition coefficient (Wildman–Crippen LogP) is 3.10. The van der Waals surface area contributed by atoms with Crippen molar-refractivity contribution in [3.63, 3.8) is 0 Å². The molecule has 0 aromatic heterocycles. The van der Waals surface area contributed by atoms with Gasteiger partial charge in [0.15, 0.2) is 0 Å². The van der Waals surface area contributed by atoms with Gasteiger partial charge in [0.05, 0.1) is 23.4 Å². The Morgan fingerprint density at radius 1 is 1.08 bits per heavy atom. The second-order valence-electron chi connectivity index (χ2n) is 11.0. The topological polar surface area (TPSA) is 130 Å². The Morgan fingerprint density at radius 2 is 1.72 bits per heavy atom. The minimum absolute atomic E-state index is 0. The molecular formula is C26H25F2NO8RfS-2. The number of fused-ring (bicyclic) bond motifs is 2. The molecule has 6 atom stereocenters. The number of amides is 1. The Kier molecular flexibility index (Phi) is 6.42. The van der Waals surface area contributed by atoms with E-state index in [1.165, 1.54) is 0 Å². The van der Waals surface area contributed by atoms with Gasteiger partial charge in [-0.3, -0.25) is 9.59 Å². The van der Waals surface area contributed by atoms with Crippen molar-refractivity contribution < 1.29 is 45.6 Å². The van der Waals surface area contributed by atoms with Crippen LogP contribution >= 0.6 is 0 Å². The smallest absolute Gasteiger partial charge is 0.338 e. The molecule has 2 saturated carbocycles. The number of carbonyl (C=O) groups is 3. The van der Waals surface area contributed by atoms with Crippen LogP contribution in [-0.2, 0) is 29.2 Å². The van der Waals surface area contributed by atoms with Crippen molar-refractivity contribution in [2.24, 2.45) is 23.7 Å². The van der Waals surface area contributed by atoms with Gasteiger partial charge in [-0.25, -0.2) is 22.0 Å². The number of halogens is 2. The second kappa shape index (κ2) is 8.98. The summed E-state index contributed by atoms with van der Waals surface area (Å²) in [5.74, 6) is -5.63. The number of ether oxygens (including phenoxy) is 2. The van der Waals surface area contributed by atoms with Gasteiger partial charge in [-0.05, 0) is 56.0 Å². The molecule has 6 unspecified atom stereocenters. The zero-order valence-corrected chi connectivity index (χ0v) is 28.6. The molecule has 1 saturated heterocycles. The second-order valence-corrected chi connectivity index (χ2v) is 12.4. The van der Waals surface area contributed by atoms with Crippen molar-refractivity contribution in [3.8, 4) is 0 Å². The Bertz CT molecular complexity index is 1440. The van der Waals surface area contributed by atoms with Gasteiger partial charge in [0.25, 0.3) is 11.2 Å². The molecule has 13 heteroatoms. The summed E-state index contributed by atoms with van der Waals surface area (Å²) in [6.45, 7) is 4.78. The summed E-state index contributed by atoms with van der Waals surface area (Å²) in [6, 6.07) is 11.9. The fraction of sp³-hybridized carbons (Fsp3) is 0.462. The molecule has 2 aromatic rings. The molecule has 2 aromatic carbocycles. The first kappa shape index (κ1) is 27.9. The molecule has 9 nitrogen and oxygen atoms in total. The summed E-state index contributed by atoms with van der Waals surface area (Å²) >= 11 is 0. The summed E-state index contributed by atoms with van der Waals surface area (Å²) in [5, 5.41) is -3.21. The van der Waals surface area contributed by atoms with Gasteiger partial charge in [0.1, 0.15) is 16.2 Å². The first-order chi connectivity index (χ1) is 17.6.